The van der Waals surface area contributed by atoms with Gasteiger partial charge in [-0.1, -0.05) is 6.58 Å². The van der Waals surface area contributed by atoms with Gasteiger partial charge in [-0.25, -0.2) is 14.4 Å². The van der Waals surface area contributed by atoms with E-state index in [1.807, 2.05) is 0 Å². The first kappa shape index (κ1) is 16.9. The summed E-state index contributed by atoms with van der Waals surface area (Å²) in [6, 6.07) is 0. The SMILES string of the molecule is C=C(C)C(=O)OC(C)COC(=O)C1=C(C(=O)O)CCCC1. The first-order valence-corrected chi connectivity index (χ1v) is 6.81. The Morgan fingerprint density at radius 1 is 1.24 bits per heavy atom. The maximum atomic E-state index is 11.9. The Labute approximate surface area is 123 Å². The van der Waals surface area contributed by atoms with Crippen molar-refractivity contribution in [3.63, 3.8) is 0 Å². The quantitative estimate of drug-likeness (QED) is 0.595. The molecule has 0 aromatic rings. The summed E-state index contributed by atoms with van der Waals surface area (Å²) in [6.45, 7) is 6.44. The molecule has 0 amide bonds. The van der Waals surface area contributed by atoms with E-state index < -0.39 is 24.0 Å². The maximum absolute atomic E-state index is 11.9. The third-order valence-corrected chi connectivity index (χ3v) is 3.08. The highest BCUT2D eigenvalue weighted by molar-refractivity contribution is 5.99. The van der Waals surface area contributed by atoms with Crippen molar-refractivity contribution < 1.29 is 29.0 Å². The number of carboxylic acids is 1. The van der Waals surface area contributed by atoms with Crippen LogP contribution in [0.2, 0.25) is 0 Å². The number of carboxylic acid groups (broad SMARTS) is 1. The highest BCUT2D eigenvalue weighted by Gasteiger charge is 2.25. The number of ether oxygens (including phenoxy) is 2. The van der Waals surface area contributed by atoms with Crippen LogP contribution in [-0.4, -0.2) is 35.7 Å². The summed E-state index contributed by atoms with van der Waals surface area (Å²) < 4.78 is 10.0. The fraction of sp³-hybridized carbons (Fsp3) is 0.533. The summed E-state index contributed by atoms with van der Waals surface area (Å²) in [6.07, 6.45) is 1.68. The van der Waals surface area contributed by atoms with Crippen LogP contribution in [0.15, 0.2) is 23.3 Å². The molecule has 0 bridgehead atoms. The number of esters is 2. The summed E-state index contributed by atoms with van der Waals surface area (Å²) in [4.78, 5) is 34.3. The van der Waals surface area contributed by atoms with Gasteiger partial charge in [0.05, 0.1) is 0 Å². The minimum absolute atomic E-state index is 0.117. The van der Waals surface area contributed by atoms with Gasteiger partial charge in [0.25, 0.3) is 0 Å². The molecule has 1 aliphatic rings. The predicted molar refractivity (Wildman–Crippen MR) is 74.5 cm³/mol. The normalized spacial score (nSPS) is 16.1. The van der Waals surface area contributed by atoms with Gasteiger partial charge in [-0.2, -0.15) is 0 Å². The van der Waals surface area contributed by atoms with Crippen LogP contribution in [0, 0.1) is 0 Å². The van der Waals surface area contributed by atoms with E-state index in [1.54, 1.807) is 6.92 Å². The summed E-state index contributed by atoms with van der Waals surface area (Å²) in [5, 5.41) is 9.07. The molecule has 116 valence electrons. The molecule has 6 heteroatoms. The van der Waals surface area contributed by atoms with Gasteiger partial charge in [0.1, 0.15) is 12.7 Å². The lowest BCUT2D eigenvalue weighted by atomic mass is 9.92. The van der Waals surface area contributed by atoms with Crippen LogP contribution in [0.25, 0.3) is 0 Å². The molecule has 1 N–H and O–H groups in total. The molecule has 0 spiro atoms. The first-order valence-electron chi connectivity index (χ1n) is 6.81. The molecular weight excluding hydrogens is 276 g/mol. The summed E-state index contributed by atoms with van der Waals surface area (Å²) in [5.41, 5.74) is 0.598. The van der Waals surface area contributed by atoms with Crippen LogP contribution >= 0.6 is 0 Å². The van der Waals surface area contributed by atoms with Crippen molar-refractivity contribution >= 4 is 17.9 Å². The Morgan fingerprint density at radius 3 is 2.33 bits per heavy atom. The van der Waals surface area contributed by atoms with Crippen LogP contribution in [0.1, 0.15) is 39.5 Å². The lowest BCUT2D eigenvalue weighted by Crippen LogP contribution is -2.24. The molecule has 1 unspecified atom stereocenters. The lowest BCUT2D eigenvalue weighted by Gasteiger charge is -2.18. The average Bonchev–Trinajstić information content (AvgIpc) is 2.44. The number of carbonyl (C=O) groups excluding carboxylic acids is 2. The highest BCUT2D eigenvalue weighted by Crippen LogP contribution is 2.25. The molecule has 21 heavy (non-hydrogen) atoms. The van der Waals surface area contributed by atoms with Crippen LogP contribution in [-0.2, 0) is 23.9 Å². The van der Waals surface area contributed by atoms with Crippen molar-refractivity contribution in [2.45, 2.75) is 45.6 Å². The number of aliphatic carboxylic acids is 1. The van der Waals surface area contributed by atoms with Crippen molar-refractivity contribution in [3.05, 3.63) is 23.3 Å². The van der Waals surface area contributed by atoms with Gasteiger partial charge in [-0.3, -0.25) is 0 Å². The van der Waals surface area contributed by atoms with E-state index >= 15 is 0 Å². The molecule has 0 saturated carbocycles. The average molecular weight is 296 g/mol. The Hall–Kier alpha value is -2.11. The summed E-state index contributed by atoms with van der Waals surface area (Å²) >= 11 is 0. The standard InChI is InChI=1S/C15H20O6/c1-9(2)14(18)21-10(3)8-20-15(19)12-7-5-4-6-11(12)13(16)17/h10H,1,4-8H2,2-3H3,(H,16,17). The number of rotatable bonds is 6. The van der Waals surface area contributed by atoms with Gasteiger partial charge >= 0.3 is 17.9 Å². The summed E-state index contributed by atoms with van der Waals surface area (Å²) in [7, 11) is 0. The minimum atomic E-state index is -1.08. The zero-order chi connectivity index (χ0) is 16.0. The lowest BCUT2D eigenvalue weighted by molar-refractivity contribution is -0.153. The number of carbonyl (C=O) groups is 3. The molecule has 6 nitrogen and oxygen atoms in total. The van der Waals surface area contributed by atoms with Crippen LogP contribution in [0.5, 0.6) is 0 Å². The third-order valence-electron chi connectivity index (χ3n) is 3.08. The molecule has 0 radical (unpaired) electrons. The van der Waals surface area contributed by atoms with Gasteiger partial charge in [0.2, 0.25) is 0 Å². The van der Waals surface area contributed by atoms with Crippen LogP contribution in [0.4, 0.5) is 0 Å². The van der Waals surface area contributed by atoms with Crippen molar-refractivity contribution in [2.24, 2.45) is 0 Å². The second-order valence-electron chi connectivity index (χ2n) is 5.06. The molecule has 0 aliphatic heterocycles. The molecule has 1 aliphatic carbocycles. The number of hydrogen-bond donors (Lipinski definition) is 1. The Balaban J connectivity index is 2.58. The second kappa shape index (κ2) is 7.61. The van der Waals surface area contributed by atoms with Crippen molar-refractivity contribution in [1.82, 2.24) is 0 Å². The van der Waals surface area contributed by atoms with E-state index in [-0.39, 0.29) is 23.3 Å². The van der Waals surface area contributed by atoms with Crippen LogP contribution < -0.4 is 0 Å². The fourth-order valence-corrected chi connectivity index (χ4v) is 1.96. The van der Waals surface area contributed by atoms with E-state index in [0.29, 0.717) is 12.8 Å². The molecule has 1 atom stereocenters. The Morgan fingerprint density at radius 2 is 1.81 bits per heavy atom. The van der Waals surface area contributed by atoms with Crippen molar-refractivity contribution in [2.75, 3.05) is 6.61 Å². The highest BCUT2D eigenvalue weighted by atomic mass is 16.6. The largest absolute Gasteiger partial charge is 0.478 e. The Kier molecular flexibility index (Phi) is 6.14. The van der Waals surface area contributed by atoms with Gasteiger partial charge < -0.3 is 14.6 Å². The molecular formula is C15H20O6. The third kappa shape index (κ3) is 5.06. The zero-order valence-corrected chi connectivity index (χ0v) is 12.3. The van der Waals surface area contributed by atoms with Crippen molar-refractivity contribution in [1.29, 1.82) is 0 Å². The van der Waals surface area contributed by atoms with Gasteiger partial charge in [-0.15, -0.1) is 0 Å². The van der Waals surface area contributed by atoms with E-state index in [0.717, 1.165) is 12.8 Å². The molecule has 0 aromatic carbocycles. The molecule has 1 rings (SSSR count). The topological polar surface area (TPSA) is 89.9 Å². The number of hydrogen-bond acceptors (Lipinski definition) is 5. The van der Waals surface area contributed by atoms with E-state index in [2.05, 4.69) is 6.58 Å². The van der Waals surface area contributed by atoms with Crippen molar-refractivity contribution in [3.8, 4) is 0 Å². The summed E-state index contributed by atoms with van der Waals surface area (Å²) in [5.74, 6) is -2.28. The fourth-order valence-electron chi connectivity index (χ4n) is 1.96. The van der Waals surface area contributed by atoms with E-state index in [1.165, 1.54) is 6.92 Å². The van der Waals surface area contributed by atoms with Gasteiger partial charge in [0.15, 0.2) is 0 Å². The molecule has 0 fully saturated rings. The zero-order valence-electron chi connectivity index (χ0n) is 12.3. The Bertz CT molecular complexity index is 488. The minimum Gasteiger partial charge on any atom is -0.478 e. The molecule has 0 aromatic heterocycles. The van der Waals surface area contributed by atoms with Crippen LogP contribution in [0.3, 0.4) is 0 Å². The van der Waals surface area contributed by atoms with E-state index in [9.17, 15) is 14.4 Å². The maximum Gasteiger partial charge on any atom is 0.334 e. The second-order valence-corrected chi connectivity index (χ2v) is 5.06. The van der Waals surface area contributed by atoms with E-state index in [4.69, 9.17) is 14.6 Å². The monoisotopic (exact) mass is 296 g/mol. The van der Waals surface area contributed by atoms with Gasteiger partial charge in [0, 0.05) is 16.7 Å². The predicted octanol–water partition coefficient (Wildman–Crippen LogP) is 1.99. The molecule has 0 saturated heterocycles. The smallest absolute Gasteiger partial charge is 0.334 e. The first-order chi connectivity index (χ1) is 9.82. The van der Waals surface area contributed by atoms with Gasteiger partial charge in [-0.05, 0) is 39.5 Å². The molecule has 0 heterocycles.